The summed E-state index contributed by atoms with van der Waals surface area (Å²) in [5, 5.41) is 4.06. The van der Waals surface area contributed by atoms with Crippen LogP contribution in [0.15, 0.2) is 51.6 Å². The van der Waals surface area contributed by atoms with Crippen molar-refractivity contribution in [3.05, 3.63) is 54.3 Å². The van der Waals surface area contributed by atoms with Crippen LogP contribution in [0.3, 0.4) is 0 Å². The SMILES string of the molecule is COc1ccc(-c2noc(CN3CCN(C(=O)CN(C)C(=O)c4ccco4)CC3)n2)cc1. The van der Waals surface area contributed by atoms with Crippen LogP contribution in [-0.4, -0.2) is 83.5 Å². The average Bonchev–Trinajstić information content (AvgIpc) is 3.52. The van der Waals surface area contributed by atoms with E-state index in [2.05, 4.69) is 15.0 Å². The molecule has 1 aromatic carbocycles. The van der Waals surface area contributed by atoms with Gasteiger partial charge in [0.05, 0.1) is 26.5 Å². The predicted molar refractivity (Wildman–Crippen MR) is 114 cm³/mol. The largest absolute Gasteiger partial charge is 0.497 e. The second-order valence-electron chi connectivity index (χ2n) is 7.54. The van der Waals surface area contributed by atoms with Gasteiger partial charge < -0.3 is 23.5 Å². The maximum Gasteiger partial charge on any atom is 0.289 e. The van der Waals surface area contributed by atoms with Crippen molar-refractivity contribution in [1.82, 2.24) is 24.8 Å². The Labute approximate surface area is 185 Å². The van der Waals surface area contributed by atoms with Gasteiger partial charge in [0, 0.05) is 38.8 Å². The molecule has 1 saturated heterocycles. The monoisotopic (exact) mass is 439 g/mol. The third-order valence-corrected chi connectivity index (χ3v) is 5.35. The quantitative estimate of drug-likeness (QED) is 0.548. The zero-order valence-electron chi connectivity index (χ0n) is 18.1. The van der Waals surface area contributed by atoms with Gasteiger partial charge in [-0.3, -0.25) is 14.5 Å². The molecule has 2 amide bonds. The van der Waals surface area contributed by atoms with Crippen molar-refractivity contribution < 1.29 is 23.3 Å². The number of likely N-dealkylation sites (N-methyl/N-ethyl adjacent to an activating group) is 1. The highest BCUT2D eigenvalue weighted by Gasteiger charge is 2.25. The predicted octanol–water partition coefficient (Wildman–Crippen LogP) is 1.75. The Morgan fingerprint density at radius 1 is 1.12 bits per heavy atom. The minimum absolute atomic E-state index is 0.00835. The summed E-state index contributed by atoms with van der Waals surface area (Å²) >= 11 is 0. The first-order valence-corrected chi connectivity index (χ1v) is 10.3. The van der Waals surface area contributed by atoms with Gasteiger partial charge in [-0.05, 0) is 36.4 Å². The van der Waals surface area contributed by atoms with Crippen LogP contribution in [0.25, 0.3) is 11.4 Å². The van der Waals surface area contributed by atoms with Crippen molar-refractivity contribution in [2.45, 2.75) is 6.54 Å². The maximum absolute atomic E-state index is 12.6. The fourth-order valence-electron chi connectivity index (χ4n) is 3.49. The molecule has 1 aliphatic rings. The summed E-state index contributed by atoms with van der Waals surface area (Å²) in [6, 6.07) is 10.7. The summed E-state index contributed by atoms with van der Waals surface area (Å²) < 4.78 is 15.7. The summed E-state index contributed by atoms with van der Waals surface area (Å²) in [5.41, 5.74) is 0.851. The van der Waals surface area contributed by atoms with Gasteiger partial charge >= 0.3 is 0 Å². The molecule has 0 aliphatic carbocycles. The first-order valence-electron chi connectivity index (χ1n) is 10.3. The van der Waals surface area contributed by atoms with E-state index in [1.54, 1.807) is 31.2 Å². The molecule has 1 aliphatic heterocycles. The number of methoxy groups -OCH3 is 1. The number of nitrogens with zero attached hydrogens (tertiary/aromatic N) is 5. The molecule has 168 valence electrons. The van der Waals surface area contributed by atoms with Crippen LogP contribution in [0.5, 0.6) is 5.75 Å². The lowest BCUT2D eigenvalue weighted by Gasteiger charge is -2.34. The Morgan fingerprint density at radius 2 is 1.88 bits per heavy atom. The summed E-state index contributed by atoms with van der Waals surface area (Å²) in [7, 11) is 3.21. The minimum Gasteiger partial charge on any atom is -0.497 e. The van der Waals surface area contributed by atoms with E-state index in [4.69, 9.17) is 13.7 Å². The molecular formula is C22H25N5O5. The lowest BCUT2D eigenvalue weighted by atomic mass is 10.2. The Morgan fingerprint density at radius 3 is 2.53 bits per heavy atom. The number of furan rings is 1. The van der Waals surface area contributed by atoms with E-state index in [1.807, 2.05) is 24.3 Å². The van der Waals surface area contributed by atoms with Crippen LogP contribution in [0, 0.1) is 0 Å². The van der Waals surface area contributed by atoms with Crippen molar-refractivity contribution in [3.63, 3.8) is 0 Å². The molecule has 3 aromatic rings. The first kappa shape index (κ1) is 21.6. The van der Waals surface area contributed by atoms with Crippen molar-refractivity contribution in [3.8, 4) is 17.1 Å². The number of ether oxygens (including phenoxy) is 1. The van der Waals surface area contributed by atoms with Crippen molar-refractivity contribution in [2.24, 2.45) is 0 Å². The maximum atomic E-state index is 12.6. The molecule has 10 nitrogen and oxygen atoms in total. The summed E-state index contributed by atoms with van der Waals surface area (Å²) in [6.45, 7) is 3.03. The highest BCUT2D eigenvalue weighted by molar-refractivity contribution is 5.94. The molecule has 32 heavy (non-hydrogen) atoms. The van der Waals surface area contributed by atoms with Crippen LogP contribution in [0.4, 0.5) is 0 Å². The van der Waals surface area contributed by atoms with Gasteiger partial charge in [0.2, 0.25) is 17.6 Å². The van der Waals surface area contributed by atoms with E-state index < -0.39 is 0 Å². The molecule has 0 unspecified atom stereocenters. The van der Waals surface area contributed by atoms with Gasteiger partial charge in [-0.1, -0.05) is 5.16 Å². The zero-order valence-corrected chi connectivity index (χ0v) is 18.1. The topological polar surface area (TPSA) is 105 Å². The Balaban J connectivity index is 1.25. The second-order valence-corrected chi connectivity index (χ2v) is 7.54. The molecule has 1 fully saturated rings. The number of amides is 2. The van der Waals surface area contributed by atoms with E-state index in [9.17, 15) is 9.59 Å². The zero-order chi connectivity index (χ0) is 22.5. The standard InChI is InChI=1S/C22H25N5O5/c1-25(22(29)18-4-3-13-31-18)15-20(28)27-11-9-26(10-12-27)14-19-23-21(24-32-19)16-5-7-17(30-2)8-6-16/h3-8,13H,9-12,14-15H2,1-2H3. The number of hydrogen-bond donors (Lipinski definition) is 0. The van der Waals surface area contributed by atoms with Gasteiger partial charge in [0.25, 0.3) is 5.91 Å². The van der Waals surface area contributed by atoms with E-state index in [0.29, 0.717) is 44.4 Å². The molecule has 0 N–H and O–H groups in total. The second kappa shape index (κ2) is 9.65. The van der Waals surface area contributed by atoms with Gasteiger partial charge in [-0.25, -0.2) is 0 Å². The van der Waals surface area contributed by atoms with Gasteiger partial charge in [0.15, 0.2) is 5.76 Å². The summed E-state index contributed by atoms with van der Waals surface area (Å²) in [4.78, 5) is 34.6. The van der Waals surface area contributed by atoms with Crippen LogP contribution in [-0.2, 0) is 11.3 Å². The molecule has 0 spiro atoms. The lowest BCUT2D eigenvalue weighted by molar-refractivity contribution is -0.133. The summed E-state index contributed by atoms with van der Waals surface area (Å²) in [6.07, 6.45) is 1.44. The highest BCUT2D eigenvalue weighted by atomic mass is 16.5. The van der Waals surface area contributed by atoms with E-state index in [-0.39, 0.29) is 24.1 Å². The number of piperazine rings is 1. The lowest BCUT2D eigenvalue weighted by Crippen LogP contribution is -2.51. The van der Waals surface area contributed by atoms with Crippen LogP contribution >= 0.6 is 0 Å². The number of rotatable bonds is 7. The fourth-order valence-corrected chi connectivity index (χ4v) is 3.49. The fraction of sp³-hybridized carbons (Fsp3) is 0.364. The molecule has 2 aromatic heterocycles. The third-order valence-electron chi connectivity index (χ3n) is 5.35. The van der Waals surface area contributed by atoms with Crippen molar-refractivity contribution >= 4 is 11.8 Å². The van der Waals surface area contributed by atoms with Gasteiger partial charge in [-0.15, -0.1) is 0 Å². The molecule has 4 rings (SSSR count). The minimum atomic E-state index is -0.314. The highest BCUT2D eigenvalue weighted by Crippen LogP contribution is 2.20. The third kappa shape index (κ3) is 4.97. The number of carbonyl (C=O) groups is 2. The molecule has 10 heteroatoms. The van der Waals surface area contributed by atoms with Crippen LogP contribution < -0.4 is 4.74 Å². The van der Waals surface area contributed by atoms with Gasteiger partial charge in [0.1, 0.15) is 5.75 Å². The molecular weight excluding hydrogens is 414 g/mol. The van der Waals surface area contributed by atoms with E-state index >= 15 is 0 Å². The van der Waals surface area contributed by atoms with Crippen LogP contribution in [0.2, 0.25) is 0 Å². The molecule has 0 saturated carbocycles. The number of aromatic nitrogens is 2. The van der Waals surface area contributed by atoms with Crippen molar-refractivity contribution in [1.29, 1.82) is 0 Å². The number of hydrogen-bond acceptors (Lipinski definition) is 8. The normalized spacial score (nSPS) is 14.4. The first-order chi connectivity index (χ1) is 15.5. The summed E-state index contributed by atoms with van der Waals surface area (Å²) in [5.74, 6) is 1.64. The smallest absolute Gasteiger partial charge is 0.289 e. The average molecular weight is 439 g/mol. The molecule has 3 heterocycles. The van der Waals surface area contributed by atoms with Crippen LogP contribution in [0.1, 0.15) is 16.4 Å². The Bertz CT molecular complexity index is 1040. The van der Waals surface area contributed by atoms with Gasteiger partial charge in [-0.2, -0.15) is 4.98 Å². The molecule has 0 bridgehead atoms. The van der Waals surface area contributed by atoms with E-state index in [1.165, 1.54) is 11.2 Å². The van der Waals surface area contributed by atoms with Crippen molar-refractivity contribution in [2.75, 3.05) is 46.9 Å². The Hall–Kier alpha value is -3.66. The molecule has 0 radical (unpaired) electrons. The van der Waals surface area contributed by atoms with E-state index in [0.717, 1.165) is 11.3 Å². The number of carbonyl (C=O) groups excluding carboxylic acids is 2. The Kier molecular flexibility index (Phi) is 6.50. The molecule has 0 atom stereocenters. The number of benzene rings is 1.